The molecule has 1 aromatic rings. The van der Waals surface area contributed by atoms with Gasteiger partial charge in [-0.2, -0.15) is 0 Å². The lowest BCUT2D eigenvalue weighted by Gasteiger charge is -2.15. The number of benzene rings is 1. The van der Waals surface area contributed by atoms with Gasteiger partial charge in [0, 0.05) is 6.92 Å². The van der Waals surface area contributed by atoms with Crippen molar-refractivity contribution in [2.75, 3.05) is 5.32 Å². The summed E-state index contributed by atoms with van der Waals surface area (Å²) in [6, 6.07) is 7.43. The molecule has 0 saturated carbocycles. The van der Waals surface area contributed by atoms with Crippen molar-refractivity contribution in [1.29, 1.82) is 0 Å². The van der Waals surface area contributed by atoms with Gasteiger partial charge in [0.25, 0.3) is 0 Å². The number of anilines is 1. The Balaban J connectivity index is 2.76. The topological polar surface area (TPSA) is 50.4 Å². The van der Waals surface area contributed by atoms with Gasteiger partial charge in [-0.05, 0) is 38.2 Å². The summed E-state index contributed by atoms with van der Waals surface area (Å²) in [6.07, 6.45) is 0.0762. The zero-order valence-electron chi connectivity index (χ0n) is 10.1. The summed E-state index contributed by atoms with van der Waals surface area (Å²) in [4.78, 5) is 10.8. The van der Waals surface area contributed by atoms with Crippen LogP contribution in [0.25, 0.3) is 0 Å². The quantitative estimate of drug-likeness (QED) is 0.811. The summed E-state index contributed by atoms with van der Waals surface area (Å²) >= 11 is 4.99. The van der Waals surface area contributed by atoms with Crippen molar-refractivity contribution in [3.05, 3.63) is 24.3 Å². The molecule has 1 amide bonds. The Morgan fingerprint density at radius 1 is 1.35 bits per heavy atom. The number of hydrogen-bond donors (Lipinski definition) is 2. The number of carbonyl (C=O) groups is 1. The Morgan fingerprint density at radius 2 is 2.00 bits per heavy atom. The molecule has 0 aliphatic carbocycles. The van der Waals surface area contributed by atoms with E-state index in [0.717, 1.165) is 5.69 Å². The first-order chi connectivity index (χ1) is 7.99. The fourth-order valence-corrected chi connectivity index (χ4v) is 1.49. The lowest BCUT2D eigenvalue weighted by molar-refractivity contribution is -0.117. The third-order valence-corrected chi connectivity index (χ3v) is 1.99. The molecule has 0 bridgehead atoms. The van der Waals surface area contributed by atoms with Crippen LogP contribution in [-0.2, 0) is 4.79 Å². The van der Waals surface area contributed by atoms with E-state index in [1.165, 1.54) is 6.92 Å². The zero-order valence-corrected chi connectivity index (χ0v) is 10.9. The first kappa shape index (κ1) is 13.4. The van der Waals surface area contributed by atoms with Crippen molar-refractivity contribution in [2.45, 2.75) is 26.9 Å². The highest BCUT2D eigenvalue weighted by molar-refractivity contribution is 7.80. The number of thiocarbonyl (C=S) groups is 1. The standard InChI is InChI=1S/C12H16N2O2S/c1-8(2)16-11-7-5-4-6-10(11)14-12(17)13-9(3)15/h4-8H,1-3H3,(H2,13,14,15,17). The van der Waals surface area contributed by atoms with Crippen molar-refractivity contribution >= 4 is 28.9 Å². The maximum absolute atomic E-state index is 10.8. The van der Waals surface area contributed by atoms with Crippen LogP contribution in [0.5, 0.6) is 5.75 Å². The first-order valence-electron chi connectivity index (χ1n) is 5.33. The van der Waals surface area contributed by atoms with Crippen LogP contribution in [0.4, 0.5) is 5.69 Å². The number of para-hydroxylation sites is 2. The van der Waals surface area contributed by atoms with Crippen LogP contribution >= 0.6 is 12.2 Å². The van der Waals surface area contributed by atoms with Crippen molar-refractivity contribution in [2.24, 2.45) is 0 Å². The number of amides is 1. The fraction of sp³-hybridized carbons (Fsp3) is 0.333. The Morgan fingerprint density at radius 3 is 2.59 bits per heavy atom. The lowest BCUT2D eigenvalue weighted by Crippen LogP contribution is -2.32. The molecule has 17 heavy (non-hydrogen) atoms. The molecule has 4 nitrogen and oxygen atoms in total. The normalized spacial score (nSPS) is 9.88. The summed E-state index contributed by atoms with van der Waals surface area (Å²) in [5, 5.41) is 5.68. The molecule has 0 aromatic heterocycles. The average molecular weight is 252 g/mol. The van der Waals surface area contributed by atoms with Crippen molar-refractivity contribution in [1.82, 2.24) is 5.32 Å². The van der Waals surface area contributed by atoms with E-state index in [0.29, 0.717) is 5.75 Å². The van der Waals surface area contributed by atoms with Gasteiger partial charge in [0.1, 0.15) is 5.75 Å². The van der Waals surface area contributed by atoms with E-state index in [-0.39, 0.29) is 17.1 Å². The summed E-state index contributed by atoms with van der Waals surface area (Å²) in [5.74, 6) is 0.500. The predicted molar refractivity (Wildman–Crippen MR) is 72.2 cm³/mol. The highest BCUT2D eigenvalue weighted by Crippen LogP contribution is 2.24. The maximum atomic E-state index is 10.8. The van der Waals surface area contributed by atoms with Gasteiger partial charge < -0.3 is 15.4 Å². The molecule has 0 radical (unpaired) electrons. The van der Waals surface area contributed by atoms with Gasteiger partial charge in [-0.1, -0.05) is 12.1 Å². The molecule has 0 fully saturated rings. The minimum absolute atomic E-state index is 0.0762. The number of carbonyl (C=O) groups excluding carboxylic acids is 1. The number of ether oxygens (including phenoxy) is 1. The molecule has 0 unspecified atom stereocenters. The summed E-state index contributed by atoms with van der Waals surface area (Å²) < 4.78 is 5.62. The Kier molecular flexibility index (Phi) is 4.90. The summed E-state index contributed by atoms with van der Waals surface area (Å²) in [6.45, 7) is 5.30. The molecule has 0 aliphatic heterocycles. The van der Waals surface area contributed by atoms with E-state index in [1.807, 2.05) is 38.1 Å². The van der Waals surface area contributed by atoms with Gasteiger partial charge in [0.05, 0.1) is 11.8 Å². The average Bonchev–Trinajstić information content (AvgIpc) is 2.18. The minimum Gasteiger partial charge on any atom is -0.489 e. The number of hydrogen-bond acceptors (Lipinski definition) is 3. The summed E-state index contributed by atoms with van der Waals surface area (Å²) in [7, 11) is 0. The van der Waals surface area contributed by atoms with Crippen LogP contribution in [0.15, 0.2) is 24.3 Å². The molecular weight excluding hydrogens is 236 g/mol. The van der Waals surface area contributed by atoms with Crippen LogP contribution < -0.4 is 15.4 Å². The van der Waals surface area contributed by atoms with Gasteiger partial charge in [-0.3, -0.25) is 4.79 Å². The van der Waals surface area contributed by atoms with Gasteiger partial charge >= 0.3 is 0 Å². The monoisotopic (exact) mass is 252 g/mol. The van der Waals surface area contributed by atoms with E-state index >= 15 is 0 Å². The fourth-order valence-electron chi connectivity index (χ4n) is 1.24. The number of nitrogens with one attached hydrogen (secondary N) is 2. The molecule has 0 heterocycles. The zero-order chi connectivity index (χ0) is 12.8. The van der Waals surface area contributed by atoms with Crippen LogP contribution in [0.2, 0.25) is 0 Å². The van der Waals surface area contributed by atoms with Crippen LogP contribution in [0.3, 0.4) is 0 Å². The largest absolute Gasteiger partial charge is 0.489 e. The highest BCUT2D eigenvalue weighted by Gasteiger charge is 2.06. The summed E-state index contributed by atoms with van der Waals surface area (Å²) in [5.41, 5.74) is 0.736. The molecule has 0 aliphatic rings. The van der Waals surface area contributed by atoms with Gasteiger partial charge in [0.15, 0.2) is 5.11 Å². The maximum Gasteiger partial charge on any atom is 0.222 e. The van der Waals surface area contributed by atoms with Crippen molar-refractivity contribution in [3.8, 4) is 5.75 Å². The molecule has 0 atom stereocenters. The molecular formula is C12H16N2O2S. The smallest absolute Gasteiger partial charge is 0.222 e. The van der Waals surface area contributed by atoms with Gasteiger partial charge in [0.2, 0.25) is 5.91 Å². The van der Waals surface area contributed by atoms with Crippen LogP contribution in [-0.4, -0.2) is 17.1 Å². The SMILES string of the molecule is CC(=O)NC(=S)Nc1ccccc1OC(C)C. The molecule has 1 aromatic carbocycles. The highest BCUT2D eigenvalue weighted by atomic mass is 32.1. The Hall–Kier alpha value is -1.62. The van der Waals surface area contributed by atoms with Gasteiger partial charge in [-0.25, -0.2) is 0 Å². The Labute approximate surface area is 106 Å². The molecule has 0 saturated heterocycles. The molecule has 1 rings (SSSR count). The van der Waals surface area contributed by atoms with E-state index < -0.39 is 0 Å². The second-order valence-electron chi connectivity index (χ2n) is 3.80. The van der Waals surface area contributed by atoms with Crippen LogP contribution in [0, 0.1) is 0 Å². The predicted octanol–water partition coefficient (Wildman–Crippen LogP) is 2.31. The van der Waals surface area contributed by atoms with Crippen molar-refractivity contribution in [3.63, 3.8) is 0 Å². The van der Waals surface area contributed by atoms with E-state index in [2.05, 4.69) is 10.6 Å². The Bertz CT molecular complexity index is 419. The minimum atomic E-state index is -0.204. The second kappa shape index (κ2) is 6.20. The van der Waals surface area contributed by atoms with E-state index in [1.54, 1.807) is 0 Å². The first-order valence-corrected chi connectivity index (χ1v) is 5.74. The van der Waals surface area contributed by atoms with E-state index in [4.69, 9.17) is 17.0 Å². The van der Waals surface area contributed by atoms with E-state index in [9.17, 15) is 4.79 Å². The molecule has 0 spiro atoms. The van der Waals surface area contributed by atoms with Gasteiger partial charge in [-0.15, -0.1) is 0 Å². The third kappa shape index (κ3) is 4.82. The molecule has 5 heteroatoms. The lowest BCUT2D eigenvalue weighted by atomic mass is 10.3. The molecule has 92 valence electrons. The third-order valence-electron chi connectivity index (χ3n) is 1.79. The van der Waals surface area contributed by atoms with Crippen molar-refractivity contribution < 1.29 is 9.53 Å². The van der Waals surface area contributed by atoms with Crippen LogP contribution in [0.1, 0.15) is 20.8 Å². The second-order valence-corrected chi connectivity index (χ2v) is 4.21. The molecule has 2 N–H and O–H groups in total. The number of rotatable bonds is 3.